The van der Waals surface area contributed by atoms with Crippen LogP contribution in [0.5, 0.6) is 0 Å². The van der Waals surface area contributed by atoms with E-state index in [2.05, 4.69) is 47.6 Å². The molecule has 7 heteroatoms. The highest BCUT2D eigenvalue weighted by atomic mass is 35.5. The molecule has 0 aliphatic rings. The number of hydrogen-bond donors (Lipinski definition) is 1. The normalized spacial score (nSPS) is 11.6. The van der Waals surface area contributed by atoms with E-state index in [1.807, 2.05) is 43.5 Å². The number of halogens is 1. The predicted octanol–water partition coefficient (Wildman–Crippen LogP) is 4.08. The van der Waals surface area contributed by atoms with Crippen molar-refractivity contribution in [3.63, 3.8) is 0 Å². The van der Waals surface area contributed by atoms with Crippen LogP contribution in [0.3, 0.4) is 0 Å². The van der Waals surface area contributed by atoms with E-state index >= 15 is 0 Å². The summed E-state index contributed by atoms with van der Waals surface area (Å²) < 4.78 is 4.32. The minimum atomic E-state index is 0.693. The molecule has 0 saturated heterocycles. The molecule has 5 rings (SSSR count). The first kappa shape index (κ1) is 15.2. The maximum atomic E-state index is 6.18. The van der Waals surface area contributed by atoms with Gasteiger partial charge in [0.05, 0.1) is 16.7 Å². The van der Waals surface area contributed by atoms with Crippen LogP contribution in [0.2, 0.25) is 5.02 Å². The minimum Gasteiger partial charge on any atom is -0.333 e. The third-order valence-corrected chi connectivity index (χ3v) is 4.83. The average molecular weight is 363 g/mol. The van der Waals surface area contributed by atoms with Gasteiger partial charge < -0.3 is 4.57 Å². The third kappa shape index (κ3) is 2.30. The summed E-state index contributed by atoms with van der Waals surface area (Å²) in [5.41, 5.74) is 6.04. The van der Waals surface area contributed by atoms with Crippen LogP contribution < -0.4 is 0 Å². The summed E-state index contributed by atoms with van der Waals surface area (Å²) in [5, 5.41) is 16.5. The van der Waals surface area contributed by atoms with E-state index in [0.29, 0.717) is 6.54 Å². The van der Waals surface area contributed by atoms with Gasteiger partial charge in [-0.05, 0) is 48.9 Å². The molecule has 0 saturated carbocycles. The summed E-state index contributed by atoms with van der Waals surface area (Å²) in [6.07, 6.45) is 1.83. The molecular formula is C19H15ClN6. The lowest BCUT2D eigenvalue weighted by atomic mass is 10.2. The van der Waals surface area contributed by atoms with E-state index in [-0.39, 0.29) is 0 Å². The monoisotopic (exact) mass is 362 g/mol. The number of rotatable bonds is 3. The summed E-state index contributed by atoms with van der Waals surface area (Å²) in [6, 6.07) is 16.1. The Morgan fingerprint density at radius 2 is 1.96 bits per heavy atom. The van der Waals surface area contributed by atoms with Crippen LogP contribution in [0.15, 0.2) is 54.7 Å². The van der Waals surface area contributed by atoms with Crippen LogP contribution in [0, 0.1) is 6.92 Å². The van der Waals surface area contributed by atoms with Gasteiger partial charge in [-0.15, -0.1) is 10.2 Å². The molecule has 6 nitrogen and oxygen atoms in total. The van der Waals surface area contributed by atoms with Gasteiger partial charge >= 0.3 is 0 Å². The van der Waals surface area contributed by atoms with Crippen molar-refractivity contribution in [2.75, 3.05) is 0 Å². The lowest BCUT2D eigenvalue weighted by molar-refractivity contribution is 0.839. The van der Waals surface area contributed by atoms with Crippen molar-refractivity contribution in [2.45, 2.75) is 13.5 Å². The molecule has 1 N–H and O–H groups in total. The zero-order valence-electron chi connectivity index (χ0n) is 14.0. The molecule has 0 atom stereocenters. The number of fused-ring (bicyclic) bond motifs is 3. The number of nitrogens with zero attached hydrogens (tertiary/aromatic N) is 5. The Kier molecular flexibility index (Phi) is 3.33. The van der Waals surface area contributed by atoms with Crippen molar-refractivity contribution < 1.29 is 0 Å². The first-order chi connectivity index (χ1) is 12.7. The molecule has 1 aromatic carbocycles. The predicted molar refractivity (Wildman–Crippen MR) is 101 cm³/mol. The molecule has 0 radical (unpaired) electrons. The Balaban J connectivity index is 1.80. The zero-order valence-corrected chi connectivity index (χ0v) is 14.8. The fourth-order valence-corrected chi connectivity index (χ4v) is 3.66. The summed E-state index contributed by atoms with van der Waals surface area (Å²) in [6.45, 7) is 2.65. The van der Waals surface area contributed by atoms with Crippen LogP contribution in [0.1, 0.15) is 11.4 Å². The van der Waals surface area contributed by atoms with E-state index in [4.69, 9.17) is 11.6 Å². The highest BCUT2D eigenvalue weighted by molar-refractivity contribution is 6.30. The van der Waals surface area contributed by atoms with Crippen molar-refractivity contribution in [3.8, 4) is 11.4 Å². The van der Waals surface area contributed by atoms with E-state index < -0.39 is 0 Å². The Labute approximate surface area is 154 Å². The second-order valence-corrected chi connectivity index (χ2v) is 6.69. The van der Waals surface area contributed by atoms with Crippen LogP contribution in [-0.2, 0) is 6.54 Å². The van der Waals surface area contributed by atoms with Gasteiger partial charge in [0, 0.05) is 17.8 Å². The Morgan fingerprint density at radius 3 is 2.77 bits per heavy atom. The number of hydrogen-bond acceptors (Lipinski definition) is 3. The zero-order chi connectivity index (χ0) is 17.7. The molecule has 0 spiro atoms. The lowest BCUT2D eigenvalue weighted by Crippen LogP contribution is -2.02. The van der Waals surface area contributed by atoms with E-state index in [1.54, 1.807) is 0 Å². The fraction of sp³-hybridized carbons (Fsp3) is 0.105. The highest BCUT2D eigenvalue weighted by Crippen LogP contribution is 2.29. The first-order valence-electron chi connectivity index (χ1n) is 8.29. The summed E-state index contributed by atoms with van der Waals surface area (Å²) in [4.78, 5) is 0. The molecule has 5 aromatic rings. The standard InChI is InChI=1S/C19H15ClN6/c1-12-22-24-19-6-5-16-18(26(12)19)10-17(15-7-8-21-23-15)25(16)11-13-3-2-4-14(20)9-13/h2-10H,11H2,1H3,(H,21,23). The smallest absolute Gasteiger partial charge is 0.161 e. The number of aromatic nitrogens is 6. The molecule has 26 heavy (non-hydrogen) atoms. The van der Waals surface area contributed by atoms with Crippen molar-refractivity contribution in [3.05, 3.63) is 71.1 Å². The molecule has 0 aliphatic carbocycles. The van der Waals surface area contributed by atoms with Gasteiger partial charge in [-0.1, -0.05) is 23.7 Å². The highest BCUT2D eigenvalue weighted by Gasteiger charge is 2.16. The number of pyridine rings is 1. The SMILES string of the molecule is Cc1nnc2ccc3c(cc(-c4cc[nH]n4)n3Cc3cccc(Cl)c3)n12. The van der Waals surface area contributed by atoms with Gasteiger partial charge in [-0.2, -0.15) is 5.10 Å². The van der Waals surface area contributed by atoms with Crippen LogP contribution >= 0.6 is 11.6 Å². The average Bonchev–Trinajstić information content (AvgIpc) is 3.34. The summed E-state index contributed by atoms with van der Waals surface area (Å²) >= 11 is 6.18. The molecule has 0 aliphatic heterocycles. The molecule has 4 aromatic heterocycles. The number of aromatic amines is 1. The molecule has 4 heterocycles. The number of nitrogens with one attached hydrogen (secondary N) is 1. The lowest BCUT2D eigenvalue weighted by Gasteiger charge is -2.10. The van der Waals surface area contributed by atoms with Gasteiger partial charge in [0.25, 0.3) is 0 Å². The fourth-order valence-electron chi connectivity index (χ4n) is 3.45. The van der Waals surface area contributed by atoms with Crippen molar-refractivity contribution in [1.82, 2.24) is 29.4 Å². The second kappa shape index (κ2) is 5.71. The minimum absolute atomic E-state index is 0.693. The number of aryl methyl sites for hydroxylation is 1. The number of H-pyrrole nitrogens is 1. The second-order valence-electron chi connectivity index (χ2n) is 6.25. The molecule has 0 fully saturated rings. The maximum Gasteiger partial charge on any atom is 0.161 e. The Hall–Kier alpha value is -3.12. The Morgan fingerprint density at radius 1 is 1.04 bits per heavy atom. The molecule has 128 valence electrons. The van der Waals surface area contributed by atoms with Gasteiger partial charge in [-0.3, -0.25) is 9.50 Å². The van der Waals surface area contributed by atoms with Gasteiger partial charge in [0.15, 0.2) is 5.65 Å². The van der Waals surface area contributed by atoms with Crippen molar-refractivity contribution in [1.29, 1.82) is 0 Å². The van der Waals surface area contributed by atoms with Crippen LogP contribution in [0.25, 0.3) is 28.1 Å². The quantitative estimate of drug-likeness (QED) is 0.526. The molecule has 0 unspecified atom stereocenters. The van der Waals surface area contributed by atoms with E-state index in [0.717, 1.165) is 44.5 Å². The summed E-state index contributed by atoms with van der Waals surface area (Å²) in [7, 11) is 0. The van der Waals surface area contributed by atoms with Crippen molar-refractivity contribution >= 4 is 28.3 Å². The van der Waals surface area contributed by atoms with E-state index in [9.17, 15) is 0 Å². The van der Waals surface area contributed by atoms with Gasteiger partial charge in [0.2, 0.25) is 0 Å². The maximum absolute atomic E-state index is 6.18. The summed E-state index contributed by atoms with van der Waals surface area (Å²) in [5.74, 6) is 0.860. The van der Waals surface area contributed by atoms with Gasteiger partial charge in [0.1, 0.15) is 11.5 Å². The largest absolute Gasteiger partial charge is 0.333 e. The third-order valence-electron chi connectivity index (χ3n) is 4.59. The van der Waals surface area contributed by atoms with Crippen LogP contribution in [-0.4, -0.2) is 29.4 Å². The van der Waals surface area contributed by atoms with E-state index in [1.165, 1.54) is 0 Å². The van der Waals surface area contributed by atoms with Crippen LogP contribution in [0.4, 0.5) is 0 Å². The van der Waals surface area contributed by atoms with Crippen molar-refractivity contribution in [2.24, 2.45) is 0 Å². The number of benzene rings is 1. The molecular weight excluding hydrogens is 348 g/mol. The molecule has 0 amide bonds. The Bertz CT molecular complexity index is 1230. The first-order valence-corrected chi connectivity index (χ1v) is 8.67. The topological polar surface area (TPSA) is 63.8 Å². The van der Waals surface area contributed by atoms with Gasteiger partial charge in [-0.25, -0.2) is 0 Å². The molecule has 0 bridgehead atoms.